The van der Waals surface area contributed by atoms with E-state index in [2.05, 4.69) is 148 Å². The molecule has 2 atom stereocenters. The maximum Gasteiger partial charge on any atom is 0.472 e. The summed E-state index contributed by atoms with van der Waals surface area (Å²) in [6.45, 7) is 4.08. The molecule has 0 saturated heterocycles. The summed E-state index contributed by atoms with van der Waals surface area (Å²) in [6, 6.07) is 0. The molecule has 0 aliphatic heterocycles. The molecular weight excluding hydrogens is 846 g/mol. The molecule has 10 heteroatoms. The lowest BCUT2D eigenvalue weighted by Gasteiger charge is -2.24. The van der Waals surface area contributed by atoms with E-state index in [4.69, 9.17) is 18.5 Å². The molecule has 0 aromatic heterocycles. The fourth-order valence-electron chi connectivity index (χ4n) is 5.87. The summed E-state index contributed by atoms with van der Waals surface area (Å²) in [5.41, 5.74) is 0. The number of hydrogen-bond acceptors (Lipinski definition) is 7. The van der Waals surface area contributed by atoms with Crippen LogP contribution in [0.4, 0.5) is 0 Å². The zero-order valence-electron chi connectivity index (χ0n) is 41.9. The van der Waals surface area contributed by atoms with E-state index >= 15 is 0 Å². The highest BCUT2D eigenvalue weighted by atomic mass is 31.2. The highest BCUT2D eigenvalue weighted by Crippen LogP contribution is 2.43. The summed E-state index contributed by atoms with van der Waals surface area (Å²) in [4.78, 5) is 35.5. The molecule has 2 unspecified atom stereocenters. The van der Waals surface area contributed by atoms with Gasteiger partial charge in [-0.15, -0.1) is 0 Å². The number of quaternary nitrogens is 1. The van der Waals surface area contributed by atoms with Crippen molar-refractivity contribution >= 4 is 19.8 Å². The minimum atomic E-state index is -4.41. The van der Waals surface area contributed by atoms with Gasteiger partial charge in [-0.2, -0.15) is 0 Å². The maximum absolute atomic E-state index is 12.8. The Morgan fingerprint density at radius 3 is 1.26 bits per heavy atom. The molecule has 0 aliphatic carbocycles. The second-order valence-electron chi connectivity index (χ2n) is 17.1. The number of phosphoric ester groups is 1. The number of unbranched alkanes of at least 4 members (excludes halogenated alkanes) is 7. The van der Waals surface area contributed by atoms with Gasteiger partial charge in [-0.25, -0.2) is 4.57 Å². The van der Waals surface area contributed by atoms with Crippen LogP contribution in [0.3, 0.4) is 0 Å². The van der Waals surface area contributed by atoms with Crippen LogP contribution in [0.2, 0.25) is 0 Å². The van der Waals surface area contributed by atoms with Crippen molar-refractivity contribution in [2.75, 3.05) is 47.5 Å². The number of allylic oxidation sites excluding steroid dienone is 22. The van der Waals surface area contributed by atoms with Crippen LogP contribution in [0.1, 0.15) is 155 Å². The first-order chi connectivity index (χ1) is 32.0. The molecule has 0 radical (unpaired) electrons. The minimum Gasteiger partial charge on any atom is -0.462 e. The van der Waals surface area contributed by atoms with Gasteiger partial charge in [0.15, 0.2) is 6.10 Å². The first-order valence-electron chi connectivity index (χ1n) is 24.9. The van der Waals surface area contributed by atoms with Crippen molar-refractivity contribution in [1.29, 1.82) is 0 Å². The molecule has 372 valence electrons. The Morgan fingerprint density at radius 1 is 0.470 bits per heavy atom. The molecule has 0 heterocycles. The number of phosphoric acid groups is 1. The van der Waals surface area contributed by atoms with E-state index in [9.17, 15) is 19.0 Å². The van der Waals surface area contributed by atoms with Crippen LogP contribution in [0, 0.1) is 0 Å². The Hall–Kier alpha value is -3.85. The molecule has 0 saturated carbocycles. The molecule has 0 aliphatic rings. The fraction of sp³-hybridized carbons (Fsp3) is 0.571. The Kier molecular flexibility index (Phi) is 43.6. The smallest absolute Gasteiger partial charge is 0.462 e. The van der Waals surface area contributed by atoms with Crippen LogP contribution in [-0.4, -0.2) is 74.9 Å². The van der Waals surface area contributed by atoms with Crippen molar-refractivity contribution in [2.45, 2.75) is 161 Å². The zero-order chi connectivity index (χ0) is 48.5. The van der Waals surface area contributed by atoms with Crippen LogP contribution in [0.15, 0.2) is 134 Å². The molecule has 0 spiro atoms. The van der Waals surface area contributed by atoms with Gasteiger partial charge < -0.3 is 18.9 Å². The summed E-state index contributed by atoms with van der Waals surface area (Å²) in [5.74, 6) is -0.898. The third-order valence-corrected chi connectivity index (χ3v) is 10.7. The van der Waals surface area contributed by atoms with Crippen LogP contribution in [0.5, 0.6) is 0 Å². The predicted molar refractivity (Wildman–Crippen MR) is 279 cm³/mol. The number of likely N-dealkylation sites (N-methyl/N-ethyl adjacent to an activating group) is 1. The van der Waals surface area contributed by atoms with Crippen molar-refractivity contribution in [3.8, 4) is 0 Å². The van der Waals surface area contributed by atoms with Gasteiger partial charge >= 0.3 is 19.8 Å². The van der Waals surface area contributed by atoms with Crippen molar-refractivity contribution in [1.82, 2.24) is 0 Å². The van der Waals surface area contributed by atoms with Gasteiger partial charge in [0.05, 0.1) is 27.7 Å². The molecule has 0 aromatic carbocycles. The molecule has 66 heavy (non-hydrogen) atoms. The standard InChI is InChI=1S/C56H90NO8P/c1-6-8-10-12-14-16-18-20-22-24-25-26-27-28-29-30-31-33-35-37-39-41-43-45-47-49-56(59)65-54(53-64-66(60,61)63-51-50-57(3,4)5)52-62-55(58)48-46-44-42-40-38-36-34-32-23-21-19-17-15-13-11-9-7-2/h8-11,14-17,20-23,25-26,28-29,31,33-34,36,40,42,54H,6-7,12-13,18-19,24,27,30,32,35,37-39,41,43-53H2,1-5H3/p+1/b10-8-,11-9-,16-14-,17-15-,22-20-,23-21-,26-25-,29-28-,33-31-,36-34-,42-40-. The fourth-order valence-corrected chi connectivity index (χ4v) is 6.62. The zero-order valence-corrected chi connectivity index (χ0v) is 42.8. The van der Waals surface area contributed by atoms with E-state index < -0.39 is 32.5 Å². The third kappa shape index (κ3) is 49.6. The van der Waals surface area contributed by atoms with Gasteiger partial charge in [-0.1, -0.05) is 173 Å². The number of rotatable bonds is 43. The van der Waals surface area contributed by atoms with Crippen LogP contribution in [-0.2, 0) is 32.7 Å². The second kappa shape index (κ2) is 46.3. The van der Waals surface area contributed by atoms with Crippen molar-refractivity contribution < 1.29 is 42.1 Å². The molecular formula is C56H91NO8P+. The topological polar surface area (TPSA) is 108 Å². The number of nitrogens with zero attached hydrogens (tertiary/aromatic N) is 1. The van der Waals surface area contributed by atoms with Gasteiger partial charge in [0.25, 0.3) is 0 Å². The molecule has 0 amide bonds. The number of esters is 2. The lowest BCUT2D eigenvalue weighted by atomic mass is 10.1. The molecule has 0 rings (SSSR count). The largest absolute Gasteiger partial charge is 0.472 e. The van der Waals surface area contributed by atoms with Gasteiger partial charge in [0.1, 0.15) is 19.8 Å². The van der Waals surface area contributed by atoms with Crippen molar-refractivity contribution in [3.05, 3.63) is 134 Å². The maximum atomic E-state index is 12.8. The van der Waals surface area contributed by atoms with Gasteiger partial charge in [0, 0.05) is 12.8 Å². The Balaban J connectivity index is 4.41. The van der Waals surface area contributed by atoms with E-state index in [-0.39, 0.29) is 26.1 Å². The monoisotopic (exact) mass is 937 g/mol. The average molecular weight is 937 g/mol. The van der Waals surface area contributed by atoms with E-state index in [0.717, 1.165) is 116 Å². The van der Waals surface area contributed by atoms with E-state index in [0.29, 0.717) is 23.9 Å². The van der Waals surface area contributed by atoms with Gasteiger partial charge in [-0.05, 0) is 103 Å². The highest BCUT2D eigenvalue weighted by Gasteiger charge is 2.27. The van der Waals surface area contributed by atoms with Crippen molar-refractivity contribution in [3.63, 3.8) is 0 Å². The molecule has 0 aromatic rings. The summed E-state index contributed by atoms with van der Waals surface area (Å²) >= 11 is 0. The van der Waals surface area contributed by atoms with Crippen LogP contribution >= 0.6 is 7.82 Å². The molecule has 1 N–H and O–H groups in total. The summed E-state index contributed by atoms with van der Waals surface area (Å²) in [7, 11) is 1.41. The van der Waals surface area contributed by atoms with Crippen LogP contribution in [0.25, 0.3) is 0 Å². The quantitative estimate of drug-likeness (QED) is 0.0212. The molecule has 0 bridgehead atoms. The second-order valence-corrected chi connectivity index (χ2v) is 18.5. The molecule has 0 fully saturated rings. The lowest BCUT2D eigenvalue weighted by molar-refractivity contribution is -0.870. The lowest BCUT2D eigenvalue weighted by Crippen LogP contribution is -2.37. The first-order valence-corrected chi connectivity index (χ1v) is 26.4. The summed E-state index contributed by atoms with van der Waals surface area (Å²) < 4.78 is 34.3. The van der Waals surface area contributed by atoms with E-state index in [1.54, 1.807) is 0 Å². The number of ether oxygens (including phenoxy) is 2. The minimum absolute atomic E-state index is 0.0110. The van der Waals surface area contributed by atoms with E-state index in [1.165, 1.54) is 0 Å². The Morgan fingerprint density at radius 2 is 0.833 bits per heavy atom. The van der Waals surface area contributed by atoms with Crippen molar-refractivity contribution in [2.24, 2.45) is 0 Å². The summed E-state index contributed by atoms with van der Waals surface area (Å²) in [6.07, 6.45) is 66.5. The number of carbonyl (C=O) groups is 2. The summed E-state index contributed by atoms with van der Waals surface area (Å²) in [5, 5.41) is 0. The average Bonchev–Trinajstić information content (AvgIpc) is 3.27. The first kappa shape index (κ1) is 62.1. The highest BCUT2D eigenvalue weighted by molar-refractivity contribution is 7.47. The van der Waals surface area contributed by atoms with Crippen LogP contribution < -0.4 is 0 Å². The van der Waals surface area contributed by atoms with Gasteiger partial charge in [0.2, 0.25) is 0 Å². The Labute approximate surface area is 402 Å². The SMILES string of the molecule is CC/C=C\C/C=C\C/C=C\C/C=C\C/C=C\C/C=C\CCCCCCCCC(=O)OC(COC(=O)CCC/C=C\C/C=C\C/C=C\C/C=C\C/C=C\CC)COP(=O)(O)OCC[N+](C)(C)C. The van der Waals surface area contributed by atoms with E-state index in [1.807, 2.05) is 21.1 Å². The molecule has 9 nitrogen and oxygen atoms in total. The third-order valence-electron chi connectivity index (χ3n) is 9.68. The predicted octanol–water partition coefficient (Wildman–Crippen LogP) is 15.0. The Bertz CT molecular complexity index is 1570. The number of hydrogen-bond donors (Lipinski definition) is 1. The van der Waals surface area contributed by atoms with Gasteiger partial charge in [-0.3, -0.25) is 18.6 Å². The number of carbonyl (C=O) groups excluding carboxylic acids is 2. The normalized spacial score (nSPS) is 14.6.